The van der Waals surface area contributed by atoms with Crippen molar-refractivity contribution >= 4 is 21.6 Å². The Labute approximate surface area is 138 Å². The van der Waals surface area contributed by atoms with E-state index in [9.17, 15) is 13.2 Å². The summed E-state index contributed by atoms with van der Waals surface area (Å²) in [7, 11) is -3.34. The van der Waals surface area contributed by atoms with Gasteiger partial charge in [0.1, 0.15) is 0 Å². The minimum Gasteiger partial charge on any atom is -0.351 e. The van der Waals surface area contributed by atoms with Crippen LogP contribution in [0.15, 0.2) is 24.3 Å². The molecule has 128 valence electrons. The van der Waals surface area contributed by atoms with Crippen molar-refractivity contribution in [2.75, 3.05) is 37.2 Å². The lowest BCUT2D eigenvalue weighted by Crippen LogP contribution is -2.35. The highest BCUT2D eigenvalue weighted by molar-refractivity contribution is 7.92. The topological polar surface area (TPSA) is 78.5 Å². The van der Waals surface area contributed by atoms with E-state index in [2.05, 4.69) is 14.9 Å². The molecule has 1 saturated heterocycles. The van der Waals surface area contributed by atoms with E-state index in [1.54, 1.807) is 24.3 Å². The first-order valence-corrected chi connectivity index (χ1v) is 9.91. The Balaban J connectivity index is 1.84. The lowest BCUT2D eigenvalue weighted by molar-refractivity contribution is 0.0948. The number of sulfonamides is 1. The highest BCUT2D eigenvalue weighted by atomic mass is 32.2. The summed E-state index contributed by atoms with van der Waals surface area (Å²) in [5.74, 6) is -0.183. The fraction of sp³-hybridized carbons (Fsp3) is 0.562. The minimum atomic E-state index is -3.34. The number of carbonyl (C=O) groups is 1. The molecule has 0 aromatic heterocycles. The molecule has 1 fully saturated rings. The Hall–Kier alpha value is -1.60. The van der Waals surface area contributed by atoms with Gasteiger partial charge in [-0.05, 0) is 44.1 Å². The molecule has 1 amide bonds. The zero-order valence-corrected chi connectivity index (χ0v) is 14.4. The van der Waals surface area contributed by atoms with Crippen LogP contribution in [0.4, 0.5) is 5.69 Å². The van der Waals surface area contributed by atoms with Crippen molar-refractivity contribution in [2.45, 2.75) is 25.7 Å². The summed E-state index contributed by atoms with van der Waals surface area (Å²) < 4.78 is 24.9. The summed E-state index contributed by atoms with van der Waals surface area (Å²) in [5, 5.41) is 2.90. The standard InChI is InChI=1S/C16H25N3O3S/c1-23(21,22)18-15-8-6-7-14(13-15)16(20)17-9-12-19-10-4-2-3-5-11-19/h6-8,13,18H,2-5,9-12H2,1H3,(H,17,20). The van der Waals surface area contributed by atoms with Crippen molar-refractivity contribution < 1.29 is 13.2 Å². The van der Waals surface area contributed by atoms with E-state index in [0.29, 0.717) is 17.8 Å². The maximum absolute atomic E-state index is 12.2. The van der Waals surface area contributed by atoms with E-state index in [1.165, 1.54) is 25.7 Å². The van der Waals surface area contributed by atoms with Crippen LogP contribution in [0.25, 0.3) is 0 Å². The number of carbonyl (C=O) groups excluding carboxylic acids is 1. The van der Waals surface area contributed by atoms with Crippen LogP contribution in [0.3, 0.4) is 0 Å². The molecule has 0 aliphatic carbocycles. The Kier molecular flexibility index (Phi) is 6.41. The monoisotopic (exact) mass is 339 g/mol. The van der Waals surface area contributed by atoms with E-state index >= 15 is 0 Å². The highest BCUT2D eigenvalue weighted by Gasteiger charge is 2.11. The molecule has 23 heavy (non-hydrogen) atoms. The average Bonchev–Trinajstić information content (AvgIpc) is 2.74. The third-order valence-electron chi connectivity index (χ3n) is 3.84. The number of amides is 1. The normalized spacial score (nSPS) is 16.6. The van der Waals surface area contributed by atoms with E-state index in [0.717, 1.165) is 25.9 Å². The molecule has 2 rings (SSSR count). The summed E-state index contributed by atoms with van der Waals surface area (Å²) in [6, 6.07) is 6.50. The van der Waals surface area contributed by atoms with Crippen LogP contribution >= 0.6 is 0 Å². The third kappa shape index (κ3) is 6.58. The van der Waals surface area contributed by atoms with Gasteiger partial charge in [-0.1, -0.05) is 18.9 Å². The highest BCUT2D eigenvalue weighted by Crippen LogP contribution is 2.12. The van der Waals surface area contributed by atoms with Crippen LogP contribution in [0, 0.1) is 0 Å². The number of hydrogen-bond donors (Lipinski definition) is 2. The van der Waals surface area contributed by atoms with Gasteiger partial charge in [0.25, 0.3) is 5.91 Å². The van der Waals surface area contributed by atoms with Gasteiger partial charge in [0.05, 0.1) is 6.26 Å². The largest absolute Gasteiger partial charge is 0.351 e. The van der Waals surface area contributed by atoms with E-state index in [-0.39, 0.29) is 5.91 Å². The molecule has 0 spiro atoms. The quantitative estimate of drug-likeness (QED) is 0.826. The van der Waals surface area contributed by atoms with Gasteiger partial charge in [-0.25, -0.2) is 8.42 Å². The second-order valence-electron chi connectivity index (χ2n) is 5.97. The smallest absolute Gasteiger partial charge is 0.251 e. The van der Waals surface area contributed by atoms with Gasteiger partial charge < -0.3 is 10.2 Å². The molecule has 0 atom stereocenters. The number of nitrogens with one attached hydrogen (secondary N) is 2. The van der Waals surface area contributed by atoms with Crippen molar-refractivity contribution in [1.82, 2.24) is 10.2 Å². The van der Waals surface area contributed by atoms with Crippen molar-refractivity contribution in [1.29, 1.82) is 0 Å². The lowest BCUT2D eigenvalue weighted by atomic mass is 10.2. The molecule has 1 aromatic rings. The van der Waals surface area contributed by atoms with Crippen LogP contribution in [0.5, 0.6) is 0 Å². The van der Waals surface area contributed by atoms with Crippen molar-refractivity contribution in [2.24, 2.45) is 0 Å². The number of anilines is 1. The Morgan fingerprint density at radius 1 is 1.17 bits per heavy atom. The molecule has 7 heteroatoms. The summed E-state index contributed by atoms with van der Waals surface area (Å²) in [5.41, 5.74) is 0.849. The zero-order chi connectivity index (χ0) is 16.7. The molecule has 1 aliphatic rings. The van der Waals surface area contributed by atoms with Crippen LogP contribution in [-0.2, 0) is 10.0 Å². The maximum atomic E-state index is 12.2. The molecule has 0 saturated carbocycles. The van der Waals surface area contributed by atoms with E-state index < -0.39 is 10.0 Å². The van der Waals surface area contributed by atoms with Crippen molar-refractivity contribution in [3.63, 3.8) is 0 Å². The third-order valence-corrected chi connectivity index (χ3v) is 4.45. The molecule has 1 aliphatic heterocycles. The van der Waals surface area contributed by atoms with Crippen LogP contribution in [0.2, 0.25) is 0 Å². The maximum Gasteiger partial charge on any atom is 0.251 e. The molecule has 2 N–H and O–H groups in total. The molecule has 0 bridgehead atoms. The van der Waals surface area contributed by atoms with Crippen molar-refractivity contribution in [3.05, 3.63) is 29.8 Å². The molecule has 1 aromatic carbocycles. The molecule has 0 unspecified atom stereocenters. The number of rotatable bonds is 6. The van der Waals surface area contributed by atoms with Gasteiger partial charge in [-0.2, -0.15) is 0 Å². The predicted octanol–water partition coefficient (Wildman–Crippen LogP) is 1.66. The van der Waals surface area contributed by atoms with Gasteiger partial charge in [0, 0.05) is 24.3 Å². The Morgan fingerprint density at radius 3 is 2.52 bits per heavy atom. The number of nitrogens with zero attached hydrogens (tertiary/aromatic N) is 1. The minimum absolute atomic E-state index is 0.183. The predicted molar refractivity (Wildman–Crippen MR) is 92.1 cm³/mol. The molecule has 0 radical (unpaired) electrons. The summed E-state index contributed by atoms with van der Waals surface area (Å²) in [4.78, 5) is 14.5. The van der Waals surface area contributed by atoms with Gasteiger partial charge in [0.2, 0.25) is 10.0 Å². The summed E-state index contributed by atoms with van der Waals surface area (Å²) in [6.45, 7) is 3.66. The number of hydrogen-bond acceptors (Lipinski definition) is 4. The first-order chi connectivity index (χ1) is 10.9. The molecule has 6 nitrogen and oxygen atoms in total. The Bertz CT molecular complexity index is 623. The van der Waals surface area contributed by atoms with Crippen LogP contribution in [-0.4, -0.2) is 51.7 Å². The van der Waals surface area contributed by atoms with E-state index in [4.69, 9.17) is 0 Å². The van der Waals surface area contributed by atoms with Gasteiger partial charge in [-0.15, -0.1) is 0 Å². The SMILES string of the molecule is CS(=O)(=O)Nc1cccc(C(=O)NCCN2CCCCCC2)c1. The molecular formula is C16H25N3O3S. The first kappa shape index (κ1) is 17.7. The number of likely N-dealkylation sites (tertiary alicyclic amines) is 1. The van der Waals surface area contributed by atoms with Crippen molar-refractivity contribution in [3.8, 4) is 0 Å². The molecule has 1 heterocycles. The summed E-state index contributed by atoms with van der Waals surface area (Å²) >= 11 is 0. The number of benzene rings is 1. The summed E-state index contributed by atoms with van der Waals surface area (Å²) in [6.07, 6.45) is 6.13. The lowest BCUT2D eigenvalue weighted by Gasteiger charge is -2.19. The second-order valence-corrected chi connectivity index (χ2v) is 7.72. The van der Waals surface area contributed by atoms with Crippen LogP contribution in [0.1, 0.15) is 36.0 Å². The Morgan fingerprint density at radius 2 is 1.87 bits per heavy atom. The second kappa shape index (κ2) is 8.31. The van der Waals surface area contributed by atoms with Gasteiger partial charge >= 0.3 is 0 Å². The fourth-order valence-electron chi connectivity index (χ4n) is 2.73. The van der Waals surface area contributed by atoms with Gasteiger partial charge in [-0.3, -0.25) is 9.52 Å². The fourth-order valence-corrected chi connectivity index (χ4v) is 3.28. The van der Waals surface area contributed by atoms with Gasteiger partial charge in [0.15, 0.2) is 0 Å². The molecular weight excluding hydrogens is 314 g/mol. The van der Waals surface area contributed by atoms with Crippen LogP contribution < -0.4 is 10.0 Å². The average molecular weight is 339 g/mol. The first-order valence-electron chi connectivity index (χ1n) is 8.02. The van der Waals surface area contributed by atoms with E-state index in [1.807, 2.05) is 0 Å². The zero-order valence-electron chi connectivity index (χ0n) is 13.5.